The fraction of sp³-hybridized carbons (Fsp3) is 0.357. The van der Waals surface area contributed by atoms with Crippen LogP contribution >= 0.6 is 0 Å². The highest BCUT2D eigenvalue weighted by Gasteiger charge is 2.15. The molecule has 1 N–H and O–H groups in total. The summed E-state index contributed by atoms with van der Waals surface area (Å²) in [6.45, 7) is 4.19. The monoisotopic (exact) mass is 290 g/mol. The van der Waals surface area contributed by atoms with Gasteiger partial charge in [-0.05, 0) is 18.2 Å². The zero-order chi connectivity index (χ0) is 15.2. The fourth-order valence-electron chi connectivity index (χ4n) is 2.02. The van der Waals surface area contributed by atoms with Crippen LogP contribution in [0.25, 0.3) is 0 Å². The van der Waals surface area contributed by atoms with Crippen LogP contribution in [0.5, 0.6) is 5.75 Å². The van der Waals surface area contributed by atoms with Crippen molar-refractivity contribution in [3.05, 3.63) is 51.8 Å². The van der Waals surface area contributed by atoms with E-state index in [9.17, 15) is 10.1 Å². The van der Waals surface area contributed by atoms with Crippen molar-refractivity contribution in [2.24, 2.45) is 0 Å². The molecule has 112 valence electrons. The Balaban J connectivity index is 2.14. The van der Waals surface area contributed by atoms with E-state index in [1.807, 2.05) is 13.1 Å². The van der Waals surface area contributed by atoms with Gasteiger partial charge in [-0.2, -0.15) is 5.10 Å². The molecule has 2 aromatic rings. The lowest BCUT2D eigenvalue weighted by Gasteiger charge is -2.05. The Kier molecular flexibility index (Phi) is 4.89. The van der Waals surface area contributed by atoms with E-state index >= 15 is 0 Å². The molecule has 0 aliphatic rings. The highest BCUT2D eigenvalue weighted by atomic mass is 16.6. The van der Waals surface area contributed by atoms with Gasteiger partial charge in [-0.25, -0.2) is 0 Å². The minimum atomic E-state index is -0.442. The molecule has 0 atom stereocenters. The number of methoxy groups -OCH3 is 1. The first-order valence-electron chi connectivity index (χ1n) is 6.67. The lowest BCUT2D eigenvalue weighted by Crippen LogP contribution is -2.11. The second kappa shape index (κ2) is 6.85. The summed E-state index contributed by atoms with van der Waals surface area (Å²) < 4.78 is 6.75. The zero-order valence-electron chi connectivity index (χ0n) is 12.1. The molecule has 0 saturated carbocycles. The van der Waals surface area contributed by atoms with Gasteiger partial charge in [0.2, 0.25) is 0 Å². The predicted molar refractivity (Wildman–Crippen MR) is 78.4 cm³/mol. The molecule has 7 heteroatoms. The van der Waals surface area contributed by atoms with E-state index in [-0.39, 0.29) is 11.4 Å². The van der Waals surface area contributed by atoms with Crippen LogP contribution in [0.1, 0.15) is 18.1 Å². The van der Waals surface area contributed by atoms with Gasteiger partial charge in [0.05, 0.1) is 24.8 Å². The molecule has 1 aromatic carbocycles. The zero-order valence-corrected chi connectivity index (χ0v) is 12.1. The third kappa shape index (κ3) is 3.79. The maximum atomic E-state index is 11.0. The largest absolute Gasteiger partial charge is 0.490 e. The van der Waals surface area contributed by atoms with Crippen molar-refractivity contribution >= 4 is 5.69 Å². The van der Waals surface area contributed by atoms with E-state index in [2.05, 4.69) is 10.4 Å². The summed E-state index contributed by atoms with van der Waals surface area (Å²) in [5.41, 5.74) is 1.86. The van der Waals surface area contributed by atoms with Crippen molar-refractivity contribution in [3.63, 3.8) is 0 Å². The lowest BCUT2D eigenvalue weighted by atomic mass is 10.2. The van der Waals surface area contributed by atoms with Crippen LogP contribution in [-0.4, -0.2) is 28.4 Å². The number of nitro benzene ring substituents is 1. The van der Waals surface area contributed by atoms with Crippen molar-refractivity contribution in [1.82, 2.24) is 15.1 Å². The minimum absolute atomic E-state index is 0.0324. The molecule has 0 amide bonds. The number of nitrogens with one attached hydrogen (secondary N) is 1. The average molecular weight is 290 g/mol. The number of aromatic nitrogens is 2. The smallest absolute Gasteiger partial charge is 0.311 e. The summed E-state index contributed by atoms with van der Waals surface area (Å²) in [6, 6.07) is 4.93. The Labute approximate surface area is 122 Å². The molecule has 0 fully saturated rings. The standard InChI is InChI=1S/C14H18N4O3/c1-3-15-7-12-8-16-17(10-12)9-11-4-5-14(21-2)13(6-11)18(19)20/h4-6,8,10,15H,3,7,9H2,1-2H3. The van der Waals surface area contributed by atoms with Gasteiger partial charge in [-0.1, -0.05) is 13.0 Å². The average Bonchev–Trinajstić information content (AvgIpc) is 2.92. The van der Waals surface area contributed by atoms with Gasteiger partial charge in [0, 0.05) is 24.4 Å². The van der Waals surface area contributed by atoms with Crippen LogP contribution in [-0.2, 0) is 13.1 Å². The van der Waals surface area contributed by atoms with Crippen molar-refractivity contribution in [2.75, 3.05) is 13.7 Å². The van der Waals surface area contributed by atoms with Crippen LogP contribution in [0, 0.1) is 10.1 Å². The number of hydrogen-bond acceptors (Lipinski definition) is 5. The quantitative estimate of drug-likeness (QED) is 0.622. The van der Waals surface area contributed by atoms with Crippen LogP contribution in [0.15, 0.2) is 30.6 Å². The third-order valence-electron chi connectivity index (χ3n) is 3.05. The first kappa shape index (κ1) is 15.0. The van der Waals surface area contributed by atoms with Gasteiger partial charge in [0.25, 0.3) is 0 Å². The molecule has 1 aromatic heterocycles. The Bertz CT molecular complexity index is 624. The summed E-state index contributed by atoms with van der Waals surface area (Å²) in [4.78, 5) is 10.6. The van der Waals surface area contributed by atoms with Gasteiger partial charge < -0.3 is 10.1 Å². The molecule has 0 spiro atoms. The second-order valence-corrected chi connectivity index (χ2v) is 4.59. The normalized spacial score (nSPS) is 10.6. The summed E-state index contributed by atoms with van der Waals surface area (Å²) in [5, 5.41) is 18.5. The maximum absolute atomic E-state index is 11.0. The second-order valence-electron chi connectivity index (χ2n) is 4.59. The number of benzene rings is 1. The van der Waals surface area contributed by atoms with Crippen LogP contribution in [0.3, 0.4) is 0 Å². The van der Waals surface area contributed by atoms with Crippen LogP contribution < -0.4 is 10.1 Å². The molecule has 0 unspecified atom stereocenters. The molecule has 0 aliphatic carbocycles. The van der Waals surface area contributed by atoms with Crippen LogP contribution in [0.2, 0.25) is 0 Å². The number of ether oxygens (including phenoxy) is 1. The molecule has 21 heavy (non-hydrogen) atoms. The fourth-order valence-corrected chi connectivity index (χ4v) is 2.02. The Morgan fingerprint density at radius 1 is 1.43 bits per heavy atom. The topological polar surface area (TPSA) is 82.2 Å². The molecule has 0 bridgehead atoms. The molecule has 2 rings (SSSR count). The third-order valence-corrected chi connectivity index (χ3v) is 3.05. The van der Waals surface area contributed by atoms with Gasteiger partial charge >= 0.3 is 5.69 Å². The van der Waals surface area contributed by atoms with E-state index in [0.29, 0.717) is 6.54 Å². The first-order chi connectivity index (χ1) is 10.1. The Morgan fingerprint density at radius 2 is 2.24 bits per heavy atom. The number of nitrogens with zero attached hydrogens (tertiary/aromatic N) is 3. The van der Waals surface area contributed by atoms with Gasteiger partial charge in [0.1, 0.15) is 0 Å². The molecular weight excluding hydrogens is 272 g/mol. The minimum Gasteiger partial charge on any atom is -0.490 e. The van der Waals surface area contributed by atoms with Gasteiger partial charge in [-0.15, -0.1) is 0 Å². The summed E-state index contributed by atoms with van der Waals surface area (Å²) in [7, 11) is 1.42. The highest BCUT2D eigenvalue weighted by Crippen LogP contribution is 2.27. The summed E-state index contributed by atoms with van der Waals surface area (Å²) in [5.74, 6) is 0.261. The molecule has 0 aliphatic heterocycles. The van der Waals surface area contributed by atoms with E-state index < -0.39 is 4.92 Å². The molecule has 0 radical (unpaired) electrons. The van der Waals surface area contributed by atoms with Crippen molar-refractivity contribution in [1.29, 1.82) is 0 Å². The number of nitro groups is 1. The van der Waals surface area contributed by atoms with Gasteiger partial charge in [-0.3, -0.25) is 14.8 Å². The van der Waals surface area contributed by atoms with E-state index in [0.717, 1.165) is 24.2 Å². The summed E-state index contributed by atoms with van der Waals surface area (Å²) >= 11 is 0. The first-order valence-corrected chi connectivity index (χ1v) is 6.67. The lowest BCUT2D eigenvalue weighted by molar-refractivity contribution is -0.385. The van der Waals surface area contributed by atoms with Crippen molar-refractivity contribution in [3.8, 4) is 5.75 Å². The van der Waals surface area contributed by atoms with E-state index in [4.69, 9.17) is 4.74 Å². The van der Waals surface area contributed by atoms with E-state index in [1.54, 1.807) is 23.0 Å². The van der Waals surface area contributed by atoms with Crippen molar-refractivity contribution in [2.45, 2.75) is 20.0 Å². The molecule has 7 nitrogen and oxygen atoms in total. The molecule has 0 saturated heterocycles. The Morgan fingerprint density at radius 3 is 2.90 bits per heavy atom. The summed E-state index contributed by atoms with van der Waals surface area (Å²) in [6.07, 6.45) is 3.72. The van der Waals surface area contributed by atoms with Crippen molar-refractivity contribution < 1.29 is 9.66 Å². The highest BCUT2D eigenvalue weighted by molar-refractivity contribution is 5.48. The molecular formula is C14H18N4O3. The van der Waals surface area contributed by atoms with E-state index in [1.165, 1.54) is 13.2 Å². The predicted octanol–water partition coefficient (Wildman–Crippen LogP) is 1.96. The number of rotatable bonds is 7. The SMILES string of the molecule is CCNCc1cnn(Cc2ccc(OC)c([N+](=O)[O-])c2)c1. The van der Waals surface area contributed by atoms with Gasteiger partial charge in [0.15, 0.2) is 5.75 Å². The maximum Gasteiger partial charge on any atom is 0.311 e. The van der Waals surface area contributed by atoms with Crippen LogP contribution in [0.4, 0.5) is 5.69 Å². The Hall–Kier alpha value is -2.41. The molecule has 1 heterocycles. The number of hydrogen-bond donors (Lipinski definition) is 1.